The number of nitrogens with zero attached hydrogens (tertiary/aromatic N) is 4. The lowest BCUT2D eigenvalue weighted by molar-refractivity contribution is 0.751. The summed E-state index contributed by atoms with van der Waals surface area (Å²) in [4.78, 5) is 0. The molecule has 0 aliphatic carbocycles. The van der Waals surface area contributed by atoms with Gasteiger partial charge in [-0.3, -0.25) is 0 Å². The molecule has 0 spiro atoms. The summed E-state index contributed by atoms with van der Waals surface area (Å²) in [5.74, 6) is 1.58. The summed E-state index contributed by atoms with van der Waals surface area (Å²) in [6, 6.07) is 5.48. The van der Waals surface area contributed by atoms with E-state index in [1.807, 2.05) is 12.1 Å². The fourth-order valence-electron chi connectivity index (χ4n) is 1.29. The molecular weight excluding hydrogens is 190 g/mol. The van der Waals surface area contributed by atoms with Crippen LogP contribution in [0.2, 0.25) is 0 Å². The number of hydrogen-bond acceptors (Lipinski definition) is 4. The average Bonchev–Trinajstić information content (AvgIpc) is 2.62. The lowest BCUT2D eigenvalue weighted by Crippen LogP contribution is -2.04. The van der Waals surface area contributed by atoms with Gasteiger partial charge < -0.3 is 5.73 Å². The van der Waals surface area contributed by atoms with Crippen molar-refractivity contribution in [2.45, 2.75) is 19.8 Å². The van der Waals surface area contributed by atoms with Crippen LogP contribution in [0, 0.1) is 0 Å². The Morgan fingerprint density at radius 1 is 1.40 bits per heavy atom. The molecule has 78 valence electrons. The van der Waals surface area contributed by atoms with E-state index in [2.05, 4.69) is 29.1 Å². The average molecular weight is 203 g/mol. The van der Waals surface area contributed by atoms with Gasteiger partial charge in [-0.05, 0) is 18.1 Å². The molecular formula is C10H13N5. The van der Waals surface area contributed by atoms with E-state index in [0.29, 0.717) is 17.6 Å². The first kappa shape index (κ1) is 9.64. The molecule has 0 aliphatic heterocycles. The van der Waals surface area contributed by atoms with Gasteiger partial charge in [-0.25, -0.2) is 0 Å². The van der Waals surface area contributed by atoms with E-state index in [9.17, 15) is 0 Å². The minimum atomic E-state index is 0.352. The largest absolute Gasteiger partial charge is 0.384 e. The van der Waals surface area contributed by atoms with Crippen LogP contribution in [0.5, 0.6) is 0 Å². The molecule has 2 aromatic heterocycles. The Balaban J connectivity index is 2.45. The summed E-state index contributed by atoms with van der Waals surface area (Å²) in [6.07, 6.45) is 1.62. The molecule has 0 radical (unpaired) electrons. The van der Waals surface area contributed by atoms with Crippen molar-refractivity contribution in [1.29, 1.82) is 0 Å². The molecule has 0 atom stereocenters. The topological polar surface area (TPSA) is 69.6 Å². The van der Waals surface area contributed by atoms with Crippen molar-refractivity contribution in [1.82, 2.24) is 20.0 Å². The summed E-state index contributed by atoms with van der Waals surface area (Å²) in [5, 5.41) is 12.1. The summed E-state index contributed by atoms with van der Waals surface area (Å²) in [5.41, 5.74) is 6.80. The quantitative estimate of drug-likeness (QED) is 0.800. The first-order valence-electron chi connectivity index (χ1n) is 4.82. The molecule has 0 saturated carbocycles. The molecule has 15 heavy (non-hydrogen) atoms. The second-order valence-corrected chi connectivity index (χ2v) is 3.64. The highest BCUT2D eigenvalue weighted by Crippen LogP contribution is 2.17. The molecule has 0 aromatic carbocycles. The van der Waals surface area contributed by atoms with Gasteiger partial charge in [-0.15, -0.1) is 5.10 Å². The second kappa shape index (κ2) is 3.68. The van der Waals surface area contributed by atoms with Gasteiger partial charge in [0, 0.05) is 12.3 Å². The van der Waals surface area contributed by atoms with Gasteiger partial charge in [0.1, 0.15) is 5.82 Å². The zero-order valence-corrected chi connectivity index (χ0v) is 8.75. The van der Waals surface area contributed by atoms with Crippen LogP contribution in [-0.2, 0) is 0 Å². The maximum Gasteiger partial charge on any atom is 0.177 e. The summed E-state index contributed by atoms with van der Waals surface area (Å²) >= 11 is 0. The Morgan fingerprint density at radius 3 is 2.73 bits per heavy atom. The molecule has 2 aromatic rings. The Bertz CT molecular complexity index is 446. The van der Waals surface area contributed by atoms with Crippen molar-refractivity contribution < 1.29 is 0 Å². The Labute approximate surface area is 87.9 Å². The highest BCUT2D eigenvalue weighted by Gasteiger charge is 2.10. The normalized spacial score (nSPS) is 10.9. The first-order valence-corrected chi connectivity index (χ1v) is 4.82. The molecule has 5 heteroatoms. The third-order valence-electron chi connectivity index (χ3n) is 2.12. The van der Waals surface area contributed by atoms with Crippen molar-refractivity contribution in [3.05, 3.63) is 30.1 Å². The maximum absolute atomic E-state index is 5.84. The van der Waals surface area contributed by atoms with Crippen LogP contribution in [0.4, 0.5) is 5.82 Å². The molecule has 0 unspecified atom stereocenters. The zero-order chi connectivity index (χ0) is 10.8. The van der Waals surface area contributed by atoms with Crippen LogP contribution in [-0.4, -0.2) is 20.0 Å². The van der Waals surface area contributed by atoms with E-state index in [4.69, 9.17) is 5.73 Å². The van der Waals surface area contributed by atoms with E-state index in [0.717, 1.165) is 5.69 Å². The van der Waals surface area contributed by atoms with Crippen molar-refractivity contribution >= 4 is 5.82 Å². The fourth-order valence-corrected chi connectivity index (χ4v) is 1.29. The number of anilines is 1. The number of nitrogens with two attached hydrogens (primary N) is 1. The summed E-state index contributed by atoms with van der Waals surface area (Å²) in [6.45, 7) is 4.14. The summed E-state index contributed by atoms with van der Waals surface area (Å²) < 4.78 is 1.60. The van der Waals surface area contributed by atoms with Crippen LogP contribution in [0.15, 0.2) is 24.4 Å². The highest BCUT2D eigenvalue weighted by atomic mass is 15.4. The SMILES string of the molecule is CC(C)c1cc(N)n(-c2cccnn2)n1. The van der Waals surface area contributed by atoms with Crippen LogP contribution in [0.25, 0.3) is 5.82 Å². The maximum atomic E-state index is 5.84. The van der Waals surface area contributed by atoms with Gasteiger partial charge in [0.25, 0.3) is 0 Å². The Morgan fingerprint density at radius 2 is 2.20 bits per heavy atom. The van der Waals surface area contributed by atoms with Crippen LogP contribution in [0.3, 0.4) is 0 Å². The molecule has 0 amide bonds. The summed E-state index contributed by atoms with van der Waals surface area (Å²) in [7, 11) is 0. The Hall–Kier alpha value is -1.91. The van der Waals surface area contributed by atoms with E-state index < -0.39 is 0 Å². The van der Waals surface area contributed by atoms with E-state index in [1.54, 1.807) is 16.9 Å². The number of hydrogen-bond donors (Lipinski definition) is 1. The van der Waals surface area contributed by atoms with Gasteiger partial charge in [-0.2, -0.15) is 14.9 Å². The van der Waals surface area contributed by atoms with Gasteiger partial charge in [-0.1, -0.05) is 13.8 Å². The van der Waals surface area contributed by atoms with Crippen LogP contribution >= 0.6 is 0 Å². The lowest BCUT2D eigenvalue weighted by Gasteiger charge is -2.00. The second-order valence-electron chi connectivity index (χ2n) is 3.64. The van der Waals surface area contributed by atoms with Gasteiger partial charge in [0.15, 0.2) is 5.82 Å². The number of aromatic nitrogens is 4. The number of nitrogen functional groups attached to an aromatic ring is 1. The smallest absolute Gasteiger partial charge is 0.177 e. The van der Waals surface area contributed by atoms with E-state index in [1.165, 1.54) is 0 Å². The van der Waals surface area contributed by atoms with E-state index in [-0.39, 0.29) is 0 Å². The van der Waals surface area contributed by atoms with Gasteiger partial charge >= 0.3 is 0 Å². The third-order valence-corrected chi connectivity index (χ3v) is 2.12. The molecule has 0 bridgehead atoms. The predicted octanol–water partition coefficient (Wildman–Crippen LogP) is 1.37. The first-order chi connectivity index (χ1) is 7.18. The monoisotopic (exact) mass is 203 g/mol. The Kier molecular flexibility index (Phi) is 2.37. The van der Waals surface area contributed by atoms with Gasteiger partial charge in [0.2, 0.25) is 0 Å². The molecule has 0 fully saturated rings. The molecule has 2 rings (SSSR count). The molecule has 2 N–H and O–H groups in total. The van der Waals surface area contributed by atoms with Crippen LogP contribution in [0.1, 0.15) is 25.5 Å². The van der Waals surface area contributed by atoms with Crippen molar-refractivity contribution in [2.75, 3.05) is 5.73 Å². The predicted molar refractivity (Wildman–Crippen MR) is 57.7 cm³/mol. The van der Waals surface area contributed by atoms with Crippen molar-refractivity contribution in [3.63, 3.8) is 0 Å². The van der Waals surface area contributed by atoms with Gasteiger partial charge in [0.05, 0.1) is 5.69 Å². The standard InChI is InChI=1S/C10H13N5/c1-7(2)8-6-9(11)15(14-8)10-4-3-5-12-13-10/h3-7H,11H2,1-2H3. The molecule has 5 nitrogen and oxygen atoms in total. The van der Waals surface area contributed by atoms with Crippen LogP contribution < -0.4 is 5.73 Å². The van der Waals surface area contributed by atoms with Crippen molar-refractivity contribution in [2.24, 2.45) is 0 Å². The molecule has 0 aliphatic rings. The fraction of sp³-hybridized carbons (Fsp3) is 0.300. The number of rotatable bonds is 2. The zero-order valence-electron chi connectivity index (χ0n) is 8.75. The molecule has 0 saturated heterocycles. The van der Waals surface area contributed by atoms with Crippen molar-refractivity contribution in [3.8, 4) is 5.82 Å². The molecule has 2 heterocycles. The lowest BCUT2D eigenvalue weighted by atomic mass is 10.1. The third kappa shape index (κ3) is 1.81. The minimum absolute atomic E-state index is 0.352. The highest BCUT2D eigenvalue weighted by molar-refractivity contribution is 5.39. The van der Waals surface area contributed by atoms with E-state index >= 15 is 0 Å². The minimum Gasteiger partial charge on any atom is -0.384 e.